The van der Waals surface area contributed by atoms with E-state index < -0.39 is 11.7 Å². The Labute approximate surface area is 130 Å². The van der Waals surface area contributed by atoms with Crippen molar-refractivity contribution < 1.29 is 14.3 Å². The predicted octanol–water partition coefficient (Wildman–Crippen LogP) is 3.52. The molecule has 1 amide bonds. The molecule has 5 nitrogen and oxygen atoms in total. The van der Waals surface area contributed by atoms with Crippen LogP contribution in [-0.2, 0) is 9.47 Å². The average molecular weight is 313 g/mol. The number of rotatable bonds is 2. The van der Waals surface area contributed by atoms with Crippen molar-refractivity contribution in [3.63, 3.8) is 0 Å². The van der Waals surface area contributed by atoms with E-state index in [-0.39, 0.29) is 0 Å². The fraction of sp³-hybridized carbons (Fsp3) is 0.533. The maximum Gasteiger partial charge on any atom is 0.412 e. The second-order valence-corrected chi connectivity index (χ2v) is 6.32. The fourth-order valence-corrected chi connectivity index (χ4v) is 2.26. The van der Waals surface area contributed by atoms with Crippen LogP contribution in [0, 0.1) is 0 Å². The molecule has 1 heterocycles. The van der Waals surface area contributed by atoms with E-state index in [1.54, 1.807) is 12.1 Å². The van der Waals surface area contributed by atoms with Crippen LogP contribution >= 0.6 is 11.6 Å². The fourth-order valence-electron chi connectivity index (χ4n) is 2.09. The number of nitrogens with one attached hydrogen (secondary N) is 1. The molecule has 1 aromatic rings. The number of ether oxygens (including phenoxy) is 2. The second-order valence-electron chi connectivity index (χ2n) is 5.89. The van der Waals surface area contributed by atoms with Crippen LogP contribution < -0.4 is 10.2 Å². The van der Waals surface area contributed by atoms with Gasteiger partial charge in [0.25, 0.3) is 0 Å². The third-order valence-electron chi connectivity index (χ3n) is 2.95. The number of halogens is 1. The minimum Gasteiger partial charge on any atom is -0.444 e. The van der Waals surface area contributed by atoms with Crippen LogP contribution in [0.25, 0.3) is 0 Å². The topological polar surface area (TPSA) is 50.8 Å². The molecule has 1 aliphatic rings. The van der Waals surface area contributed by atoms with E-state index in [2.05, 4.69) is 10.2 Å². The number of carbonyl (C=O) groups is 1. The van der Waals surface area contributed by atoms with E-state index in [0.29, 0.717) is 23.9 Å². The molecular formula is C15H21ClN2O3. The molecule has 0 bridgehead atoms. The number of hydrogen-bond acceptors (Lipinski definition) is 4. The summed E-state index contributed by atoms with van der Waals surface area (Å²) in [6.45, 7) is 8.36. The van der Waals surface area contributed by atoms with E-state index in [1.165, 1.54) is 0 Å². The highest BCUT2D eigenvalue weighted by molar-refractivity contribution is 6.31. The van der Waals surface area contributed by atoms with Crippen LogP contribution in [0.3, 0.4) is 0 Å². The summed E-state index contributed by atoms with van der Waals surface area (Å²) in [5.74, 6) is 0. The van der Waals surface area contributed by atoms with Crippen molar-refractivity contribution >= 4 is 29.1 Å². The summed E-state index contributed by atoms with van der Waals surface area (Å²) >= 11 is 6.08. The highest BCUT2D eigenvalue weighted by Crippen LogP contribution is 2.30. The molecule has 0 aromatic heterocycles. The number of benzene rings is 1. The lowest BCUT2D eigenvalue weighted by molar-refractivity contribution is 0.0636. The maximum atomic E-state index is 11.9. The highest BCUT2D eigenvalue weighted by Gasteiger charge is 2.20. The average Bonchev–Trinajstić information content (AvgIpc) is 2.40. The first-order valence-electron chi connectivity index (χ1n) is 6.97. The molecule has 1 aliphatic heterocycles. The summed E-state index contributed by atoms with van der Waals surface area (Å²) in [5.41, 5.74) is 1.04. The van der Waals surface area contributed by atoms with Gasteiger partial charge in [-0.3, -0.25) is 5.32 Å². The van der Waals surface area contributed by atoms with Gasteiger partial charge in [-0.2, -0.15) is 0 Å². The Kier molecular flexibility index (Phi) is 4.96. The number of carbonyl (C=O) groups excluding carboxylic acids is 1. The van der Waals surface area contributed by atoms with Crippen LogP contribution in [0.1, 0.15) is 20.8 Å². The van der Waals surface area contributed by atoms with Gasteiger partial charge in [0.2, 0.25) is 0 Å². The molecule has 21 heavy (non-hydrogen) atoms. The lowest BCUT2D eigenvalue weighted by atomic mass is 10.2. The normalized spacial score (nSPS) is 15.7. The van der Waals surface area contributed by atoms with Crippen molar-refractivity contribution in [3.05, 3.63) is 23.2 Å². The molecule has 6 heteroatoms. The van der Waals surface area contributed by atoms with E-state index in [9.17, 15) is 4.79 Å². The number of morpholine rings is 1. The molecule has 0 unspecified atom stereocenters. The van der Waals surface area contributed by atoms with E-state index in [4.69, 9.17) is 21.1 Å². The molecular weight excluding hydrogens is 292 g/mol. The Morgan fingerprint density at radius 1 is 1.33 bits per heavy atom. The minimum absolute atomic E-state index is 0.473. The molecule has 1 fully saturated rings. The van der Waals surface area contributed by atoms with Gasteiger partial charge in [0.05, 0.1) is 24.6 Å². The molecule has 1 saturated heterocycles. The molecule has 0 atom stereocenters. The van der Waals surface area contributed by atoms with Crippen molar-refractivity contribution in [1.82, 2.24) is 0 Å². The zero-order chi connectivity index (χ0) is 15.5. The molecule has 1 aromatic carbocycles. The predicted molar refractivity (Wildman–Crippen MR) is 84.3 cm³/mol. The molecule has 1 N–H and O–H groups in total. The van der Waals surface area contributed by atoms with Crippen LogP contribution in [0.15, 0.2) is 18.2 Å². The quantitative estimate of drug-likeness (QED) is 0.907. The molecule has 0 saturated carbocycles. The third kappa shape index (κ3) is 4.79. The standard InChI is InChI=1S/C15H21ClN2O3/c1-15(2,3)21-14(19)17-12-5-4-11(16)10-13(12)18-6-8-20-9-7-18/h4-5,10H,6-9H2,1-3H3,(H,17,19). The minimum atomic E-state index is -0.532. The highest BCUT2D eigenvalue weighted by atomic mass is 35.5. The number of hydrogen-bond donors (Lipinski definition) is 1. The molecule has 0 aliphatic carbocycles. The van der Waals surface area contributed by atoms with E-state index in [0.717, 1.165) is 18.8 Å². The van der Waals surface area contributed by atoms with Gasteiger partial charge in [0.15, 0.2) is 0 Å². The Bertz CT molecular complexity index is 508. The summed E-state index contributed by atoms with van der Waals surface area (Å²) in [6.07, 6.45) is -0.473. The lowest BCUT2D eigenvalue weighted by Crippen LogP contribution is -2.37. The molecule has 116 valence electrons. The monoisotopic (exact) mass is 312 g/mol. The van der Waals surface area contributed by atoms with Gasteiger partial charge in [-0.25, -0.2) is 4.79 Å². The van der Waals surface area contributed by atoms with Gasteiger partial charge in [-0.05, 0) is 39.0 Å². The maximum absolute atomic E-state index is 11.9. The molecule has 0 spiro atoms. The van der Waals surface area contributed by atoms with Crippen molar-refractivity contribution in [3.8, 4) is 0 Å². The number of nitrogens with zero attached hydrogens (tertiary/aromatic N) is 1. The van der Waals surface area contributed by atoms with Crippen molar-refractivity contribution in [2.75, 3.05) is 36.5 Å². The van der Waals surface area contributed by atoms with Crippen molar-refractivity contribution in [2.24, 2.45) is 0 Å². The number of amides is 1. The lowest BCUT2D eigenvalue weighted by Gasteiger charge is -2.31. The van der Waals surface area contributed by atoms with E-state index in [1.807, 2.05) is 26.8 Å². The first kappa shape index (κ1) is 15.9. The summed E-state index contributed by atoms with van der Waals surface area (Å²) in [6, 6.07) is 5.38. The zero-order valence-corrected chi connectivity index (χ0v) is 13.4. The summed E-state index contributed by atoms with van der Waals surface area (Å²) < 4.78 is 10.6. The molecule has 2 rings (SSSR count). The smallest absolute Gasteiger partial charge is 0.412 e. The van der Waals surface area contributed by atoms with Gasteiger partial charge >= 0.3 is 6.09 Å². The van der Waals surface area contributed by atoms with Crippen LogP contribution in [0.5, 0.6) is 0 Å². The first-order valence-corrected chi connectivity index (χ1v) is 7.35. The summed E-state index contributed by atoms with van der Waals surface area (Å²) in [5, 5.41) is 3.42. The van der Waals surface area contributed by atoms with Gasteiger partial charge in [-0.1, -0.05) is 11.6 Å². The molecule has 0 radical (unpaired) electrons. The Balaban J connectivity index is 2.16. The largest absolute Gasteiger partial charge is 0.444 e. The first-order chi connectivity index (χ1) is 9.85. The van der Waals surface area contributed by atoms with E-state index >= 15 is 0 Å². The van der Waals surface area contributed by atoms with Crippen LogP contribution in [0.4, 0.5) is 16.2 Å². The third-order valence-corrected chi connectivity index (χ3v) is 3.18. The number of anilines is 2. The van der Waals surface area contributed by atoms with Gasteiger partial charge in [0.1, 0.15) is 5.60 Å². The zero-order valence-electron chi connectivity index (χ0n) is 12.6. The SMILES string of the molecule is CC(C)(C)OC(=O)Nc1ccc(Cl)cc1N1CCOCC1. The summed E-state index contributed by atoms with van der Waals surface area (Å²) in [4.78, 5) is 14.1. The van der Waals surface area contributed by atoms with Crippen LogP contribution in [0.2, 0.25) is 5.02 Å². The Hall–Kier alpha value is -1.46. The second kappa shape index (κ2) is 6.54. The Morgan fingerprint density at radius 3 is 2.62 bits per heavy atom. The van der Waals surface area contributed by atoms with Crippen molar-refractivity contribution in [2.45, 2.75) is 26.4 Å². The van der Waals surface area contributed by atoms with Gasteiger partial charge in [0, 0.05) is 18.1 Å². The van der Waals surface area contributed by atoms with Gasteiger partial charge in [-0.15, -0.1) is 0 Å². The summed E-state index contributed by atoms with van der Waals surface area (Å²) in [7, 11) is 0. The van der Waals surface area contributed by atoms with Gasteiger partial charge < -0.3 is 14.4 Å². The van der Waals surface area contributed by atoms with Crippen molar-refractivity contribution in [1.29, 1.82) is 0 Å². The van der Waals surface area contributed by atoms with Crippen LogP contribution in [-0.4, -0.2) is 38.0 Å². The Morgan fingerprint density at radius 2 is 2.00 bits per heavy atom.